The zero-order valence-electron chi connectivity index (χ0n) is 13.1. The molecule has 0 radical (unpaired) electrons. The van der Waals surface area contributed by atoms with Crippen LogP contribution in [0.1, 0.15) is 49.7 Å². The van der Waals surface area contributed by atoms with Gasteiger partial charge in [0.05, 0.1) is 17.7 Å². The van der Waals surface area contributed by atoms with Crippen molar-refractivity contribution in [3.05, 3.63) is 52.1 Å². The monoisotopic (exact) mass is 344 g/mol. The second-order valence-corrected chi connectivity index (χ2v) is 5.83. The van der Waals surface area contributed by atoms with E-state index in [0.29, 0.717) is 0 Å². The highest BCUT2D eigenvalue weighted by atomic mass is 16.3. The molecule has 1 aliphatic rings. The summed E-state index contributed by atoms with van der Waals surface area (Å²) in [6.07, 6.45) is 0.0420. The van der Waals surface area contributed by atoms with E-state index in [0.717, 1.165) is 6.07 Å². The van der Waals surface area contributed by atoms with Gasteiger partial charge in [-0.2, -0.15) is 0 Å². The molecule has 0 bridgehead atoms. The molecule has 0 fully saturated rings. The Balaban J connectivity index is 2.28. The Kier molecular flexibility index (Phi) is 4.20. The topological polar surface area (TPSA) is 135 Å². The second kappa shape index (κ2) is 6.19. The number of benzene rings is 2. The largest absolute Gasteiger partial charge is 0.507 e. The molecule has 2 aromatic carbocycles. The number of hydrogen-bond donors (Lipinski definition) is 5. The minimum atomic E-state index is -0.816. The number of phenolic OH excluding ortho intramolecular Hbond substituents is 3. The molecule has 0 aliphatic heterocycles. The van der Waals surface area contributed by atoms with Crippen LogP contribution in [0.2, 0.25) is 0 Å². The minimum absolute atomic E-state index is 0.0156. The average molecular weight is 344 g/mol. The molecular formula is C18H16O7. The smallest absolute Gasteiger partial charge is 0.201 e. The molecule has 1 aliphatic carbocycles. The zero-order valence-corrected chi connectivity index (χ0v) is 13.1. The fourth-order valence-corrected chi connectivity index (χ4v) is 3.20. The Morgan fingerprint density at radius 2 is 1.60 bits per heavy atom. The van der Waals surface area contributed by atoms with Gasteiger partial charge in [0.15, 0.2) is 5.78 Å². The molecule has 2 aromatic rings. The van der Waals surface area contributed by atoms with Crippen LogP contribution in [0, 0.1) is 0 Å². The average Bonchev–Trinajstić information content (AvgIpc) is 2.58. The number of ketones is 2. The van der Waals surface area contributed by atoms with Crippen LogP contribution in [0.5, 0.6) is 17.2 Å². The van der Waals surface area contributed by atoms with Gasteiger partial charge in [0, 0.05) is 29.2 Å². The molecule has 3 rings (SSSR count). The number of phenols is 3. The van der Waals surface area contributed by atoms with E-state index in [9.17, 15) is 30.0 Å². The Bertz CT molecular complexity index is 885. The van der Waals surface area contributed by atoms with Gasteiger partial charge in [-0.25, -0.2) is 0 Å². The van der Waals surface area contributed by atoms with Crippen molar-refractivity contribution in [2.24, 2.45) is 0 Å². The molecule has 1 atom stereocenters. The Morgan fingerprint density at radius 3 is 2.24 bits per heavy atom. The van der Waals surface area contributed by atoms with E-state index in [1.807, 2.05) is 0 Å². The normalized spacial score (nSPS) is 14.2. The SMILES string of the molecule is O=C1c2cccc(O)c2C(=O)c2c1cc(O)c(C(CO)CCO)c2O. The molecule has 25 heavy (non-hydrogen) atoms. The second-order valence-electron chi connectivity index (χ2n) is 5.83. The number of carbonyl (C=O) groups is 2. The number of hydrogen-bond acceptors (Lipinski definition) is 7. The van der Waals surface area contributed by atoms with Crippen molar-refractivity contribution in [2.45, 2.75) is 12.3 Å². The Hall–Kier alpha value is -2.90. The van der Waals surface area contributed by atoms with Crippen molar-refractivity contribution in [2.75, 3.05) is 13.2 Å². The van der Waals surface area contributed by atoms with Crippen LogP contribution < -0.4 is 0 Å². The predicted molar refractivity (Wildman–Crippen MR) is 86.3 cm³/mol. The highest BCUT2D eigenvalue weighted by Gasteiger charge is 2.37. The Labute approximate surface area is 142 Å². The third-order valence-corrected chi connectivity index (χ3v) is 4.41. The summed E-state index contributed by atoms with van der Waals surface area (Å²) in [4.78, 5) is 25.4. The fourth-order valence-electron chi connectivity index (χ4n) is 3.20. The molecule has 7 nitrogen and oxygen atoms in total. The number of carbonyl (C=O) groups excluding carboxylic acids is 2. The minimum Gasteiger partial charge on any atom is -0.507 e. The number of rotatable bonds is 4. The van der Waals surface area contributed by atoms with Crippen LogP contribution in [0.25, 0.3) is 0 Å². The molecular weight excluding hydrogens is 328 g/mol. The lowest BCUT2D eigenvalue weighted by atomic mass is 9.80. The standard InChI is InChI=1S/C18H16O7/c19-5-4-8(7-20)13-12(22)6-10-15(17(13)24)18(25)14-9(16(10)23)2-1-3-11(14)21/h1-3,6,8,19-22,24H,4-5,7H2. The molecule has 0 saturated heterocycles. The van der Waals surface area contributed by atoms with E-state index < -0.39 is 35.6 Å². The molecule has 0 heterocycles. The van der Waals surface area contributed by atoms with Gasteiger partial charge in [-0.1, -0.05) is 12.1 Å². The lowest BCUT2D eigenvalue weighted by Gasteiger charge is -2.23. The van der Waals surface area contributed by atoms with Gasteiger partial charge in [-0.15, -0.1) is 0 Å². The first-order chi connectivity index (χ1) is 11.9. The summed E-state index contributed by atoms with van der Waals surface area (Å²) < 4.78 is 0. The lowest BCUT2D eigenvalue weighted by Crippen LogP contribution is -2.22. The summed E-state index contributed by atoms with van der Waals surface area (Å²) in [6.45, 7) is -0.790. The van der Waals surface area contributed by atoms with E-state index in [2.05, 4.69) is 0 Å². The van der Waals surface area contributed by atoms with Crippen molar-refractivity contribution >= 4 is 11.6 Å². The van der Waals surface area contributed by atoms with Gasteiger partial charge in [0.1, 0.15) is 17.2 Å². The van der Waals surface area contributed by atoms with E-state index >= 15 is 0 Å². The van der Waals surface area contributed by atoms with Crippen molar-refractivity contribution in [3.8, 4) is 17.2 Å². The van der Waals surface area contributed by atoms with Crippen LogP contribution in [-0.4, -0.2) is 50.3 Å². The molecule has 0 saturated carbocycles. The number of aromatic hydroxyl groups is 3. The first-order valence-corrected chi connectivity index (χ1v) is 7.64. The van der Waals surface area contributed by atoms with Gasteiger partial charge in [0.25, 0.3) is 0 Å². The molecule has 7 heteroatoms. The fraction of sp³-hybridized carbons (Fsp3) is 0.222. The maximum atomic E-state index is 12.8. The first kappa shape index (κ1) is 16.9. The first-order valence-electron chi connectivity index (χ1n) is 7.64. The van der Waals surface area contributed by atoms with Gasteiger partial charge >= 0.3 is 0 Å². The quantitative estimate of drug-likeness (QED) is 0.477. The van der Waals surface area contributed by atoms with E-state index in [-0.39, 0.29) is 46.6 Å². The summed E-state index contributed by atoms with van der Waals surface area (Å²) in [5, 5.41) is 49.2. The van der Waals surface area contributed by atoms with Crippen LogP contribution in [0.15, 0.2) is 24.3 Å². The summed E-state index contributed by atoms with van der Waals surface area (Å²) in [5.74, 6) is -3.64. The number of aliphatic hydroxyl groups excluding tert-OH is 2. The molecule has 0 amide bonds. The third kappa shape index (κ3) is 2.45. The van der Waals surface area contributed by atoms with E-state index in [1.165, 1.54) is 18.2 Å². The summed E-state index contributed by atoms with van der Waals surface area (Å²) in [5.41, 5.74) is -0.853. The van der Waals surface area contributed by atoms with Crippen LogP contribution in [-0.2, 0) is 0 Å². The van der Waals surface area contributed by atoms with Gasteiger partial charge < -0.3 is 25.5 Å². The predicted octanol–water partition coefficient (Wildman–Crippen LogP) is 1.04. The summed E-state index contributed by atoms with van der Waals surface area (Å²) in [6, 6.07) is 5.12. The van der Waals surface area contributed by atoms with E-state index in [4.69, 9.17) is 5.11 Å². The highest BCUT2D eigenvalue weighted by Crippen LogP contribution is 2.44. The molecule has 5 N–H and O–H groups in total. The summed E-state index contributed by atoms with van der Waals surface area (Å²) in [7, 11) is 0. The lowest BCUT2D eigenvalue weighted by molar-refractivity contribution is 0.0973. The molecule has 0 aromatic heterocycles. The zero-order chi connectivity index (χ0) is 18.3. The maximum absolute atomic E-state index is 12.8. The number of aliphatic hydroxyl groups is 2. The van der Waals surface area contributed by atoms with Crippen molar-refractivity contribution in [3.63, 3.8) is 0 Å². The van der Waals surface area contributed by atoms with Crippen LogP contribution in [0.4, 0.5) is 0 Å². The Morgan fingerprint density at radius 1 is 0.880 bits per heavy atom. The van der Waals surface area contributed by atoms with E-state index in [1.54, 1.807) is 0 Å². The van der Waals surface area contributed by atoms with Gasteiger partial charge in [0.2, 0.25) is 5.78 Å². The van der Waals surface area contributed by atoms with Crippen LogP contribution >= 0.6 is 0 Å². The van der Waals surface area contributed by atoms with Crippen molar-refractivity contribution < 1.29 is 35.1 Å². The van der Waals surface area contributed by atoms with Crippen molar-refractivity contribution in [1.29, 1.82) is 0 Å². The summed E-state index contributed by atoms with van der Waals surface area (Å²) >= 11 is 0. The molecule has 130 valence electrons. The third-order valence-electron chi connectivity index (χ3n) is 4.41. The maximum Gasteiger partial charge on any atom is 0.201 e. The van der Waals surface area contributed by atoms with Crippen LogP contribution in [0.3, 0.4) is 0 Å². The van der Waals surface area contributed by atoms with Gasteiger partial charge in [-0.05, 0) is 18.6 Å². The highest BCUT2D eigenvalue weighted by molar-refractivity contribution is 6.30. The molecule has 1 unspecified atom stereocenters. The van der Waals surface area contributed by atoms with Crippen molar-refractivity contribution in [1.82, 2.24) is 0 Å². The number of fused-ring (bicyclic) bond motifs is 2. The van der Waals surface area contributed by atoms with Gasteiger partial charge in [-0.3, -0.25) is 9.59 Å². The molecule has 0 spiro atoms.